The molecular formula is C25H31N3O5. The number of amides is 2. The summed E-state index contributed by atoms with van der Waals surface area (Å²) in [5, 5.41) is 5.56. The van der Waals surface area contributed by atoms with Crippen LogP contribution >= 0.6 is 0 Å². The highest BCUT2D eigenvalue weighted by atomic mass is 16.6. The summed E-state index contributed by atoms with van der Waals surface area (Å²) in [4.78, 5) is 38.7. The maximum absolute atomic E-state index is 13.3. The van der Waals surface area contributed by atoms with Crippen LogP contribution in [-0.2, 0) is 32.0 Å². The van der Waals surface area contributed by atoms with Crippen LogP contribution in [0.15, 0.2) is 54.6 Å². The second-order valence-corrected chi connectivity index (χ2v) is 8.54. The number of ketones is 1. The molecule has 0 bridgehead atoms. The molecule has 2 aromatic carbocycles. The van der Waals surface area contributed by atoms with Gasteiger partial charge in [-0.2, -0.15) is 0 Å². The van der Waals surface area contributed by atoms with E-state index in [2.05, 4.69) is 10.6 Å². The Morgan fingerprint density at radius 3 is 2.06 bits per heavy atom. The van der Waals surface area contributed by atoms with Crippen molar-refractivity contribution in [3.05, 3.63) is 65.7 Å². The molecule has 1 aliphatic heterocycles. The van der Waals surface area contributed by atoms with Gasteiger partial charge in [0.1, 0.15) is 17.4 Å². The number of epoxide rings is 1. The Kier molecular flexibility index (Phi) is 7.84. The largest absolute Gasteiger partial charge is 0.497 e. The fraction of sp³-hybridized carbons (Fsp3) is 0.400. The van der Waals surface area contributed by atoms with Crippen LogP contribution in [0, 0.1) is 0 Å². The van der Waals surface area contributed by atoms with Gasteiger partial charge < -0.3 is 25.8 Å². The zero-order valence-corrected chi connectivity index (χ0v) is 19.2. The molecule has 4 atom stereocenters. The predicted octanol–water partition coefficient (Wildman–Crippen LogP) is 1.16. The van der Waals surface area contributed by atoms with E-state index in [-0.39, 0.29) is 12.2 Å². The fourth-order valence-electron chi connectivity index (χ4n) is 3.46. The van der Waals surface area contributed by atoms with Gasteiger partial charge in [0.15, 0.2) is 5.78 Å². The van der Waals surface area contributed by atoms with Crippen LogP contribution in [0.25, 0.3) is 0 Å². The number of hydrogen-bond acceptors (Lipinski definition) is 6. The first-order valence-electron chi connectivity index (χ1n) is 10.9. The van der Waals surface area contributed by atoms with Crippen LogP contribution in [0.5, 0.6) is 5.75 Å². The predicted molar refractivity (Wildman–Crippen MR) is 124 cm³/mol. The third kappa shape index (κ3) is 6.63. The minimum Gasteiger partial charge on any atom is -0.497 e. The first-order chi connectivity index (χ1) is 15.7. The minimum atomic E-state index is -0.907. The molecule has 1 fully saturated rings. The van der Waals surface area contributed by atoms with Crippen molar-refractivity contribution in [1.29, 1.82) is 0 Å². The summed E-state index contributed by atoms with van der Waals surface area (Å²) < 4.78 is 10.5. The maximum Gasteiger partial charge on any atom is 0.243 e. The smallest absolute Gasteiger partial charge is 0.243 e. The number of hydrogen-bond donors (Lipinski definition) is 3. The molecule has 4 N–H and O–H groups in total. The number of methoxy groups -OCH3 is 1. The molecule has 1 saturated heterocycles. The monoisotopic (exact) mass is 453 g/mol. The number of ether oxygens (including phenoxy) is 2. The van der Waals surface area contributed by atoms with Crippen LogP contribution in [0.3, 0.4) is 0 Å². The van der Waals surface area contributed by atoms with Gasteiger partial charge in [-0.15, -0.1) is 0 Å². The second kappa shape index (κ2) is 10.6. The summed E-state index contributed by atoms with van der Waals surface area (Å²) in [6.07, 6.45) is 0.551. The van der Waals surface area contributed by atoms with E-state index in [1.807, 2.05) is 42.5 Å². The Balaban J connectivity index is 1.79. The molecule has 0 radical (unpaired) electrons. The van der Waals surface area contributed by atoms with Gasteiger partial charge >= 0.3 is 0 Å². The Labute approximate surface area is 193 Å². The molecule has 33 heavy (non-hydrogen) atoms. The summed E-state index contributed by atoms with van der Waals surface area (Å²) >= 11 is 0. The number of nitrogens with one attached hydrogen (secondary N) is 2. The Bertz CT molecular complexity index is 971. The van der Waals surface area contributed by atoms with Gasteiger partial charge in [0.25, 0.3) is 0 Å². The summed E-state index contributed by atoms with van der Waals surface area (Å²) in [6.45, 7) is 3.58. The Morgan fingerprint density at radius 1 is 0.970 bits per heavy atom. The van der Waals surface area contributed by atoms with Gasteiger partial charge in [-0.1, -0.05) is 42.5 Å². The third-order valence-corrected chi connectivity index (χ3v) is 5.66. The van der Waals surface area contributed by atoms with Crippen molar-refractivity contribution in [2.75, 3.05) is 13.7 Å². The zero-order chi connectivity index (χ0) is 24.0. The van der Waals surface area contributed by atoms with E-state index in [9.17, 15) is 14.4 Å². The van der Waals surface area contributed by atoms with Gasteiger partial charge in [-0.05, 0) is 43.5 Å². The minimum absolute atomic E-state index is 0.193. The maximum atomic E-state index is 13.3. The van der Waals surface area contributed by atoms with Crippen LogP contribution in [-0.4, -0.2) is 55.0 Å². The van der Waals surface area contributed by atoms with E-state index in [0.717, 1.165) is 11.1 Å². The molecule has 0 aliphatic carbocycles. The van der Waals surface area contributed by atoms with E-state index in [0.29, 0.717) is 18.8 Å². The standard InChI is InChI=1S/C25H31N3O5/c1-16(26)23(30)28-21(14-18-9-11-19(32-3)12-10-18)24(31)27-20(22(29)25(2)15-33-25)13-17-7-5-4-6-8-17/h4-12,16,20-21H,13-15,26H2,1-3H3,(H,27,31)(H,28,30)/t16-,20?,21-,25+/m0/s1. The number of carbonyl (C=O) groups excluding carboxylic acids is 3. The molecule has 1 unspecified atom stereocenters. The van der Waals surface area contributed by atoms with Crippen LogP contribution < -0.4 is 21.1 Å². The van der Waals surface area contributed by atoms with E-state index < -0.39 is 35.5 Å². The molecule has 1 heterocycles. The summed E-state index contributed by atoms with van der Waals surface area (Å²) in [5.74, 6) is -0.419. The van der Waals surface area contributed by atoms with Crippen molar-refractivity contribution in [3.63, 3.8) is 0 Å². The molecule has 8 heteroatoms. The Hall–Kier alpha value is -3.23. The van der Waals surface area contributed by atoms with E-state index in [1.54, 1.807) is 33.1 Å². The van der Waals surface area contributed by atoms with Crippen molar-refractivity contribution in [3.8, 4) is 5.75 Å². The lowest BCUT2D eigenvalue weighted by Crippen LogP contribution is -2.56. The van der Waals surface area contributed by atoms with Crippen molar-refractivity contribution >= 4 is 17.6 Å². The lowest BCUT2D eigenvalue weighted by Gasteiger charge is -2.25. The van der Waals surface area contributed by atoms with Crippen molar-refractivity contribution < 1.29 is 23.9 Å². The number of benzene rings is 2. The van der Waals surface area contributed by atoms with Crippen LogP contribution in [0.4, 0.5) is 0 Å². The molecule has 8 nitrogen and oxygen atoms in total. The fourth-order valence-corrected chi connectivity index (χ4v) is 3.46. The molecule has 176 valence electrons. The SMILES string of the molecule is COc1ccc(C[C@H](NC(=O)[C@H](C)N)C(=O)NC(Cc2ccccc2)C(=O)[C@@]2(C)CO2)cc1. The highest BCUT2D eigenvalue weighted by molar-refractivity contribution is 5.98. The molecule has 3 rings (SSSR count). The number of rotatable bonds is 11. The van der Waals surface area contributed by atoms with E-state index in [4.69, 9.17) is 15.2 Å². The van der Waals surface area contributed by atoms with Crippen LogP contribution in [0.2, 0.25) is 0 Å². The first-order valence-corrected chi connectivity index (χ1v) is 10.9. The summed E-state index contributed by atoms with van der Waals surface area (Å²) in [5.41, 5.74) is 6.54. The number of carbonyl (C=O) groups is 3. The zero-order valence-electron chi connectivity index (χ0n) is 19.2. The number of nitrogens with two attached hydrogens (primary N) is 1. The van der Waals surface area contributed by atoms with E-state index >= 15 is 0 Å². The first kappa shape index (κ1) is 24.4. The third-order valence-electron chi connectivity index (χ3n) is 5.66. The molecule has 0 spiro atoms. The highest BCUT2D eigenvalue weighted by Gasteiger charge is 2.50. The van der Waals surface area contributed by atoms with Gasteiger partial charge in [0.05, 0.1) is 25.8 Å². The summed E-state index contributed by atoms with van der Waals surface area (Å²) in [7, 11) is 1.57. The molecule has 0 aromatic heterocycles. The molecule has 2 aromatic rings. The Morgan fingerprint density at radius 2 is 1.52 bits per heavy atom. The van der Waals surface area contributed by atoms with Crippen molar-refractivity contribution in [1.82, 2.24) is 10.6 Å². The molecular weight excluding hydrogens is 422 g/mol. The second-order valence-electron chi connectivity index (χ2n) is 8.54. The molecule has 2 amide bonds. The van der Waals surface area contributed by atoms with Crippen molar-refractivity contribution in [2.24, 2.45) is 5.73 Å². The average molecular weight is 454 g/mol. The van der Waals surface area contributed by atoms with Gasteiger partial charge in [-0.25, -0.2) is 0 Å². The topological polar surface area (TPSA) is 123 Å². The normalized spacial score (nSPS) is 19.6. The van der Waals surface area contributed by atoms with E-state index in [1.165, 1.54) is 0 Å². The highest BCUT2D eigenvalue weighted by Crippen LogP contribution is 2.29. The average Bonchev–Trinajstić information content (AvgIpc) is 3.57. The summed E-state index contributed by atoms with van der Waals surface area (Å²) in [6, 6.07) is 14.2. The quantitative estimate of drug-likeness (QED) is 0.439. The molecule has 1 aliphatic rings. The lowest BCUT2D eigenvalue weighted by molar-refractivity contribution is -0.133. The van der Waals surface area contributed by atoms with Crippen LogP contribution in [0.1, 0.15) is 25.0 Å². The number of Topliss-reactive ketones (excluding diaryl/α,β-unsaturated/α-hetero) is 1. The van der Waals surface area contributed by atoms with Crippen molar-refractivity contribution in [2.45, 2.75) is 50.4 Å². The van der Waals surface area contributed by atoms with Gasteiger partial charge in [0.2, 0.25) is 11.8 Å². The lowest BCUT2D eigenvalue weighted by atomic mass is 9.94. The van der Waals surface area contributed by atoms with Gasteiger partial charge in [-0.3, -0.25) is 14.4 Å². The van der Waals surface area contributed by atoms with Gasteiger partial charge in [0, 0.05) is 6.42 Å². The molecule has 0 saturated carbocycles.